The average Bonchev–Trinajstić information content (AvgIpc) is 3.50. The predicted octanol–water partition coefficient (Wildman–Crippen LogP) is 10.6. The first-order valence-electron chi connectivity index (χ1n) is 15.3. The summed E-state index contributed by atoms with van der Waals surface area (Å²) in [6.07, 6.45) is 12.1. The van der Waals surface area contributed by atoms with Crippen LogP contribution in [0, 0.1) is 30.7 Å². The summed E-state index contributed by atoms with van der Waals surface area (Å²) in [7, 11) is 0. The van der Waals surface area contributed by atoms with Crippen LogP contribution in [0.5, 0.6) is 0 Å². The quantitative estimate of drug-likeness (QED) is 0.135. The Bertz CT molecular complexity index is 1310. The SMILES string of the molecule is CCC(C)(CC)C(=O)/C=C(\O)C(C)(CC)CC.Cc1[c-]c(-c2nccc3cc(C4CCCC4)ccc23)cc(C)c1.[Ir]. The molecule has 1 N–H and O–H groups in total. The van der Waals surface area contributed by atoms with E-state index in [9.17, 15) is 9.90 Å². The zero-order chi connectivity index (χ0) is 29.5. The first-order valence-corrected chi connectivity index (χ1v) is 15.3. The van der Waals surface area contributed by atoms with Crippen molar-refractivity contribution in [3.8, 4) is 11.3 Å². The number of hydrogen-bond donors (Lipinski definition) is 1. The molecule has 3 nitrogen and oxygen atoms in total. The second-order valence-electron chi connectivity index (χ2n) is 12.3. The normalized spacial score (nSPS) is 14.4. The molecule has 1 aliphatic rings. The van der Waals surface area contributed by atoms with Crippen LogP contribution in [0.25, 0.3) is 22.0 Å². The van der Waals surface area contributed by atoms with Crippen molar-refractivity contribution in [2.75, 3.05) is 0 Å². The molecule has 41 heavy (non-hydrogen) atoms. The van der Waals surface area contributed by atoms with Crippen LogP contribution in [0.3, 0.4) is 0 Å². The molecule has 0 aliphatic heterocycles. The molecule has 1 aliphatic carbocycles. The van der Waals surface area contributed by atoms with Crippen LogP contribution < -0.4 is 0 Å². The summed E-state index contributed by atoms with van der Waals surface area (Å²) in [4.78, 5) is 16.8. The van der Waals surface area contributed by atoms with Crippen LogP contribution in [0.4, 0.5) is 0 Å². The van der Waals surface area contributed by atoms with E-state index in [-0.39, 0.29) is 42.5 Å². The van der Waals surface area contributed by atoms with Crippen LogP contribution in [0.15, 0.2) is 54.4 Å². The van der Waals surface area contributed by atoms with Crippen molar-refractivity contribution in [3.05, 3.63) is 77.2 Å². The summed E-state index contributed by atoms with van der Waals surface area (Å²) in [5.41, 5.74) is 5.47. The maximum absolute atomic E-state index is 12.2. The number of aliphatic hydroxyl groups is 1. The Morgan fingerprint density at radius 1 is 0.951 bits per heavy atom. The van der Waals surface area contributed by atoms with E-state index in [1.54, 1.807) is 0 Å². The summed E-state index contributed by atoms with van der Waals surface area (Å²) in [5.74, 6) is 1.04. The van der Waals surface area contributed by atoms with Crippen molar-refractivity contribution in [3.63, 3.8) is 0 Å². The van der Waals surface area contributed by atoms with E-state index in [2.05, 4.69) is 61.3 Å². The number of aryl methyl sites for hydroxylation is 2. The molecule has 0 saturated heterocycles. The smallest absolute Gasteiger partial charge is 0.164 e. The number of allylic oxidation sites excluding steroid dienone is 2. The van der Waals surface area contributed by atoms with Gasteiger partial charge in [0.1, 0.15) is 5.76 Å². The van der Waals surface area contributed by atoms with Crippen molar-refractivity contribution < 1.29 is 30.0 Å². The second-order valence-corrected chi connectivity index (χ2v) is 12.3. The largest absolute Gasteiger partial charge is 0.512 e. The molecule has 4 rings (SSSR count). The predicted molar refractivity (Wildman–Crippen MR) is 170 cm³/mol. The van der Waals surface area contributed by atoms with E-state index in [1.807, 2.05) is 47.7 Å². The Kier molecular flexibility index (Phi) is 13.0. The summed E-state index contributed by atoms with van der Waals surface area (Å²) in [6, 6.07) is 16.9. The zero-order valence-corrected chi connectivity index (χ0v) is 28.9. The van der Waals surface area contributed by atoms with Crippen LogP contribution >= 0.6 is 0 Å². The molecular formula is C37H50IrNO2-. The van der Waals surface area contributed by atoms with Gasteiger partial charge in [0.2, 0.25) is 0 Å². The van der Waals surface area contributed by atoms with Gasteiger partial charge < -0.3 is 10.1 Å². The number of fused-ring (bicyclic) bond motifs is 1. The average molecular weight is 733 g/mol. The molecule has 4 heteroatoms. The number of rotatable bonds is 9. The number of ketones is 1. The van der Waals surface area contributed by atoms with Crippen molar-refractivity contribution >= 4 is 16.6 Å². The number of pyridine rings is 1. The van der Waals surface area contributed by atoms with E-state index in [1.165, 1.54) is 59.2 Å². The molecule has 1 heterocycles. The maximum atomic E-state index is 12.2. The molecule has 0 spiro atoms. The van der Waals surface area contributed by atoms with E-state index in [4.69, 9.17) is 0 Å². The van der Waals surface area contributed by atoms with Crippen molar-refractivity contribution in [1.29, 1.82) is 0 Å². The number of aromatic nitrogens is 1. The first-order chi connectivity index (χ1) is 19.0. The molecule has 0 unspecified atom stereocenters. The van der Waals surface area contributed by atoms with Crippen molar-refractivity contribution in [1.82, 2.24) is 4.98 Å². The fraction of sp³-hybridized carbons (Fsp3) is 0.514. The monoisotopic (exact) mass is 733 g/mol. The van der Waals surface area contributed by atoms with Gasteiger partial charge in [-0.2, -0.15) is 0 Å². The molecule has 3 aromatic rings. The van der Waals surface area contributed by atoms with E-state index >= 15 is 0 Å². The van der Waals surface area contributed by atoms with E-state index in [0.29, 0.717) is 0 Å². The minimum absolute atomic E-state index is 0. The number of hydrogen-bond acceptors (Lipinski definition) is 3. The van der Waals surface area contributed by atoms with Gasteiger partial charge in [-0.15, -0.1) is 34.9 Å². The molecule has 225 valence electrons. The Morgan fingerprint density at radius 3 is 2.12 bits per heavy atom. The first kappa shape index (κ1) is 34.9. The third kappa shape index (κ3) is 8.39. The summed E-state index contributed by atoms with van der Waals surface area (Å²) in [6.45, 7) is 16.3. The molecule has 0 atom stereocenters. The Labute approximate surface area is 262 Å². The van der Waals surface area contributed by atoms with E-state index in [0.717, 1.165) is 42.9 Å². The summed E-state index contributed by atoms with van der Waals surface area (Å²) < 4.78 is 0. The van der Waals surface area contributed by atoms with Gasteiger partial charge in [-0.25, -0.2) is 0 Å². The second kappa shape index (κ2) is 15.3. The van der Waals surface area contributed by atoms with Crippen LogP contribution in [0.2, 0.25) is 0 Å². The number of benzene rings is 2. The Balaban J connectivity index is 0.000000296. The maximum Gasteiger partial charge on any atom is 0.164 e. The van der Waals surface area contributed by atoms with Crippen molar-refractivity contribution in [2.24, 2.45) is 10.8 Å². The van der Waals surface area contributed by atoms with Gasteiger partial charge in [-0.1, -0.05) is 86.4 Å². The molecule has 1 aromatic heterocycles. The van der Waals surface area contributed by atoms with Gasteiger partial charge in [-0.3, -0.25) is 4.79 Å². The van der Waals surface area contributed by atoms with Crippen LogP contribution in [-0.4, -0.2) is 15.9 Å². The molecule has 0 amide bonds. The topological polar surface area (TPSA) is 50.2 Å². The van der Waals surface area contributed by atoms with Gasteiger partial charge in [0, 0.05) is 43.2 Å². The van der Waals surface area contributed by atoms with Gasteiger partial charge in [0.25, 0.3) is 0 Å². The van der Waals surface area contributed by atoms with Crippen LogP contribution in [-0.2, 0) is 24.9 Å². The fourth-order valence-electron chi connectivity index (χ4n) is 5.63. The van der Waals surface area contributed by atoms with Gasteiger partial charge in [-0.05, 0) is 72.5 Å². The van der Waals surface area contributed by atoms with Crippen LogP contribution in [0.1, 0.15) is 116 Å². The number of carbonyl (C=O) groups is 1. The Hall–Kier alpha value is -2.29. The van der Waals surface area contributed by atoms with E-state index < -0.39 is 0 Å². The fourth-order valence-corrected chi connectivity index (χ4v) is 5.63. The molecule has 1 saturated carbocycles. The Morgan fingerprint density at radius 2 is 1.56 bits per heavy atom. The van der Waals surface area contributed by atoms with Crippen molar-refractivity contribution in [2.45, 2.75) is 113 Å². The molecule has 0 bridgehead atoms. The number of nitrogens with zero attached hydrogens (tertiary/aromatic N) is 1. The van der Waals surface area contributed by atoms with Gasteiger partial charge >= 0.3 is 0 Å². The summed E-state index contributed by atoms with van der Waals surface area (Å²) >= 11 is 0. The minimum atomic E-state index is -0.337. The minimum Gasteiger partial charge on any atom is -0.512 e. The number of carbonyl (C=O) groups excluding carboxylic acids is 1. The van der Waals surface area contributed by atoms with Gasteiger partial charge in [0.15, 0.2) is 5.78 Å². The molecular weight excluding hydrogens is 683 g/mol. The molecule has 1 fully saturated rings. The number of aliphatic hydroxyl groups excluding tert-OH is 1. The zero-order valence-electron chi connectivity index (χ0n) is 26.5. The molecule has 2 aromatic carbocycles. The van der Waals surface area contributed by atoms with Gasteiger partial charge in [0.05, 0.1) is 0 Å². The third-order valence-corrected chi connectivity index (χ3v) is 9.62. The third-order valence-electron chi connectivity index (χ3n) is 9.62. The molecule has 1 radical (unpaired) electrons. The summed E-state index contributed by atoms with van der Waals surface area (Å²) in [5, 5.41) is 12.7. The standard InChI is InChI=1S/C22H22N.C15H28O2.Ir/c1-15-11-16(2)13-20(12-15)22-21-8-7-18(17-5-3-4-6-17)14-19(21)9-10-23-22;1-7-14(5,8-2)12(16)11-13(17)15(6,9-3)10-4;/h7-12,14,17H,3-6H2,1-2H3;11,16H,7-10H2,1-6H3;/q-1;;/b;12-11-;.